The van der Waals surface area contributed by atoms with Crippen molar-refractivity contribution in [2.75, 3.05) is 66.8 Å². The van der Waals surface area contributed by atoms with Gasteiger partial charge in [-0.05, 0) is 24.6 Å². The fourth-order valence-electron chi connectivity index (χ4n) is 3.67. The van der Waals surface area contributed by atoms with E-state index in [1.807, 2.05) is 11.9 Å². The van der Waals surface area contributed by atoms with Crippen LogP contribution in [0.5, 0.6) is 0 Å². The number of hydrogen-bond acceptors (Lipinski definition) is 9. The zero-order valence-electron chi connectivity index (χ0n) is 20.5. The third-order valence-electron chi connectivity index (χ3n) is 5.69. The Morgan fingerprint density at radius 1 is 1.28 bits per heavy atom. The molecule has 0 bridgehead atoms. The van der Waals surface area contributed by atoms with E-state index in [2.05, 4.69) is 14.6 Å². The minimum atomic E-state index is -3.79. The molecule has 0 amide bonds. The van der Waals surface area contributed by atoms with E-state index in [1.54, 1.807) is 19.2 Å². The Kier molecular flexibility index (Phi) is 9.43. The molecule has 1 aromatic carbocycles. The second kappa shape index (κ2) is 12.3. The van der Waals surface area contributed by atoms with E-state index in [0.29, 0.717) is 17.0 Å². The molecule has 0 aliphatic carbocycles. The Morgan fingerprint density at radius 2 is 2.00 bits per heavy atom. The van der Waals surface area contributed by atoms with Crippen LogP contribution in [0.2, 0.25) is 0 Å². The lowest BCUT2D eigenvalue weighted by molar-refractivity contribution is 0.0393. The molecule has 1 saturated heterocycles. The molecule has 0 saturated carbocycles. The SMILES string of the molecule is CCCS(=O)(=O)Nc1ccc(F)c(N(N)/C=C(\N)c2cncc(N(C)CCN3CCOCC3)c2)c1F. The third kappa shape index (κ3) is 7.26. The van der Waals surface area contributed by atoms with Crippen LogP contribution in [0.25, 0.3) is 5.70 Å². The molecule has 1 aliphatic heterocycles. The van der Waals surface area contributed by atoms with Gasteiger partial charge in [-0.25, -0.2) is 23.0 Å². The van der Waals surface area contributed by atoms with Gasteiger partial charge in [-0.2, -0.15) is 0 Å². The van der Waals surface area contributed by atoms with Gasteiger partial charge in [-0.15, -0.1) is 0 Å². The molecule has 198 valence electrons. The minimum Gasteiger partial charge on any atom is -0.397 e. The van der Waals surface area contributed by atoms with E-state index in [1.165, 1.54) is 6.20 Å². The highest BCUT2D eigenvalue weighted by Crippen LogP contribution is 2.29. The first-order chi connectivity index (χ1) is 17.1. The van der Waals surface area contributed by atoms with Crippen LogP contribution < -0.4 is 26.2 Å². The monoisotopic (exact) mass is 525 g/mol. The maximum atomic E-state index is 15.0. The van der Waals surface area contributed by atoms with Crippen molar-refractivity contribution in [3.05, 3.63) is 54.0 Å². The van der Waals surface area contributed by atoms with Gasteiger partial charge < -0.3 is 15.4 Å². The maximum Gasteiger partial charge on any atom is 0.232 e. The first-order valence-electron chi connectivity index (χ1n) is 11.6. The molecule has 1 aromatic heterocycles. The van der Waals surface area contributed by atoms with E-state index in [0.717, 1.165) is 63.4 Å². The molecule has 36 heavy (non-hydrogen) atoms. The van der Waals surface area contributed by atoms with Gasteiger partial charge in [-0.1, -0.05) is 6.92 Å². The Bertz CT molecular complexity index is 1170. The second-order valence-electron chi connectivity index (χ2n) is 8.48. The predicted molar refractivity (Wildman–Crippen MR) is 138 cm³/mol. The average molecular weight is 526 g/mol. The second-order valence-corrected chi connectivity index (χ2v) is 10.3. The van der Waals surface area contributed by atoms with Crippen molar-refractivity contribution in [2.45, 2.75) is 13.3 Å². The number of pyridine rings is 1. The smallest absolute Gasteiger partial charge is 0.232 e. The lowest BCUT2D eigenvalue weighted by Gasteiger charge is -2.29. The molecule has 5 N–H and O–H groups in total. The molecular formula is C23H33F2N7O3S. The van der Waals surface area contributed by atoms with E-state index in [9.17, 15) is 12.8 Å². The molecule has 0 spiro atoms. The molecule has 0 radical (unpaired) electrons. The molecule has 10 nitrogen and oxygen atoms in total. The summed E-state index contributed by atoms with van der Waals surface area (Å²) < 4.78 is 61.1. The van der Waals surface area contributed by atoms with Crippen LogP contribution >= 0.6 is 0 Å². The Morgan fingerprint density at radius 3 is 2.69 bits per heavy atom. The summed E-state index contributed by atoms with van der Waals surface area (Å²) >= 11 is 0. The summed E-state index contributed by atoms with van der Waals surface area (Å²) in [5.74, 6) is 3.59. The molecule has 1 fully saturated rings. The van der Waals surface area contributed by atoms with Gasteiger partial charge in [0.15, 0.2) is 11.6 Å². The molecule has 0 atom stereocenters. The molecular weight excluding hydrogens is 492 g/mol. The summed E-state index contributed by atoms with van der Waals surface area (Å²) in [4.78, 5) is 8.58. The number of nitrogens with zero attached hydrogens (tertiary/aromatic N) is 4. The van der Waals surface area contributed by atoms with Gasteiger partial charge in [0.1, 0.15) is 5.69 Å². The van der Waals surface area contributed by atoms with Gasteiger partial charge in [0.05, 0.1) is 42.2 Å². The summed E-state index contributed by atoms with van der Waals surface area (Å²) in [5.41, 5.74) is 6.54. The van der Waals surface area contributed by atoms with Crippen molar-refractivity contribution >= 4 is 32.8 Å². The lowest BCUT2D eigenvalue weighted by Crippen LogP contribution is -2.40. The topological polar surface area (TPSA) is 130 Å². The molecule has 0 unspecified atom stereocenters. The van der Waals surface area contributed by atoms with Gasteiger partial charge in [0, 0.05) is 51.2 Å². The molecule has 2 heterocycles. The average Bonchev–Trinajstić information content (AvgIpc) is 2.85. The fraction of sp³-hybridized carbons (Fsp3) is 0.435. The molecule has 2 aromatic rings. The quantitative estimate of drug-likeness (QED) is 0.298. The first kappa shape index (κ1) is 27.6. The number of anilines is 3. The van der Waals surface area contributed by atoms with Gasteiger partial charge >= 0.3 is 0 Å². The van der Waals surface area contributed by atoms with E-state index >= 15 is 4.39 Å². The van der Waals surface area contributed by atoms with Crippen molar-refractivity contribution in [1.29, 1.82) is 0 Å². The number of rotatable bonds is 11. The van der Waals surface area contributed by atoms with Crippen LogP contribution in [0.4, 0.5) is 25.8 Å². The summed E-state index contributed by atoms with van der Waals surface area (Å²) in [6, 6.07) is 3.73. The normalized spacial score (nSPS) is 15.1. The van der Waals surface area contributed by atoms with Gasteiger partial charge in [0.2, 0.25) is 10.0 Å². The Balaban J connectivity index is 1.76. The first-order valence-corrected chi connectivity index (χ1v) is 13.2. The molecule has 3 rings (SSSR count). The van der Waals surface area contributed by atoms with Crippen LogP contribution in [0.1, 0.15) is 18.9 Å². The molecule has 13 heteroatoms. The van der Waals surface area contributed by atoms with Crippen molar-refractivity contribution in [3.8, 4) is 0 Å². The largest absolute Gasteiger partial charge is 0.397 e. The van der Waals surface area contributed by atoms with Gasteiger partial charge in [-0.3, -0.25) is 19.6 Å². The fourth-order valence-corrected chi connectivity index (χ4v) is 4.80. The van der Waals surface area contributed by atoms with Crippen LogP contribution in [0.15, 0.2) is 36.8 Å². The summed E-state index contributed by atoms with van der Waals surface area (Å²) in [5, 5.41) is 0.687. The number of halogens is 2. The number of sulfonamides is 1. The summed E-state index contributed by atoms with van der Waals surface area (Å²) in [6.45, 7) is 6.54. The van der Waals surface area contributed by atoms with Crippen LogP contribution in [0, 0.1) is 11.6 Å². The number of ether oxygens (including phenoxy) is 1. The Labute approximate surface area is 210 Å². The lowest BCUT2D eigenvalue weighted by atomic mass is 10.2. The number of morpholine rings is 1. The van der Waals surface area contributed by atoms with E-state index < -0.39 is 33.0 Å². The standard InChI is InChI=1S/C23H33F2N7O3S/c1-3-12-36(33,34)29-21-5-4-19(24)23(22(21)25)32(27)16-20(26)17-13-18(15-28-14-17)30(2)6-7-31-8-10-35-11-9-31/h4-5,13-16,29H,3,6-12,26-27H2,1-2H3/b20-16-. The predicted octanol–water partition coefficient (Wildman–Crippen LogP) is 1.92. The summed E-state index contributed by atoms with van der Waals surface area (Å²) in [6.07, 6.45) is 4.70. The zero-order chi connectivity index (χ0) is 26.3. The highest BCUT2D eigenvalue weighted by atomic mass is 32.2. The third-order valence-corrected chi connectivity index (χ3v) is 7.17. The van der Waals surface area contributed by atoms with Gasteiger partial charge in [0.25, 0.3) is 0 Å². The molecule has 1 aliphatic rings. The van der Waals surface area contributed by atoms with Crippen LogP contribution in [-0.4, -0.2) is 70.5 Å². The highest BCUT2D eigenvalue weighted by Gasteiger charge is 2.21. The number of benzene rings is 1. The van der Waals surface area contributed by atoms with E-state index in [4.69, 9.17) is 16.3 Å². The minimum absolute atomic E-state index is 0.115. The number of likely N-dealkylation sites (N-methyl/N-ethyl adjacent to an activating group) is 1. The van der Waals surface area contributed by atoms with E-state index in [-0.39, 0.29) is 11.4 Å². The Hall–Kier alpha value is -3.00. The van der Waals surface area contributed by atoms with Crippen molar-refractivity contribution in [1.82, 2.24) is 9.88 Å². The number of nitrogens with two attached hydrogens (primary N) is 2. The zero-order valence-corrected chi connectivity index (χ0v) is 21.3. The van der Waals surface area contributed by atoms with Crippen LogP contribution in [-0.2, 0) is 14.8 Å². The number of hydrogen-bond donors (Lipinski definition) is 3. The van der Waals surface area contributed by atoms with Crippen molar-refractivity contribution < 1.29 is 21.9 Å². The van der Waals surface area contributed by atoms with Crippen molar-refractivity contribution in [3.63, 3.8) is 0 Å². The highest BCUT2D eigenvalue weighted by molar-refractivity contribution is 7.92. The maximum absolute atomic E-state index is 15.0. The van der Waals surface area contributed by atoms with Crippen LogP contribution in [0.3, 0.4) is 0 Å². The van der Waals surface area contributed by atoms with Crippen molar-refractivity contribution in [2.24, 2.45) is 11.6 Å². The number of aromatic nitrogens is 1. The number of nitrogens with one attached hydrogen (secondary N) is 1. The summed E-state index contributed by atoms with van der Waals surface area (Å²) in [7, 11) is -1.85. The number of hydrazine groups is 1.